The standard InChI is InChI=1S/C18H19ClF3N3O/c1-11(2)5-6-24-14-7-12(9-23-10-14)17(26)25-16-4-3-13(19)8-15(16)18(20,21)22/h3-4,7-11,24H,5-6H2,1-2H3,(H,25,26). The molecule has 0 aliphatic rings. The molecule has 2 rings (SSSR count). The Balaban J connectivity index is 2.16. The van der Waals surface area contributed by atoms with Crippen LogP contribution in [0.1, 0.15) is 36.2 Å². The molecular formula is C18H19ClF3N3O. The molecule has 0 spiro atoms. The molecular weight excluding hydrogens is 367 g/mol. The average Bonchev–Trinajstić information content (AvgIpc) is 2.55. The number of carbonyl (C=O) groups is 1. The third-order valence-electron chi connectivity index (χ3n) is 3.59. The molecule has 2 N–H and O–H groups in total. The minimum absolute atomic E-state index is 0.0617. The number of hydrogen-bond donors (Lipinski definition) is 2. The molecule has 0 aliphatic heterocycles. The summed E-state index contributed by atoms with van der Waals surface area (Å²) in [6.07, 6.45) is -0.838. The van der Waals surface area contributed by atoms with Crippen molar-refractivity contribution in [1.82, 2.24) is 4.98 Å². The maximum absolute atomic E-state index is 13.1. The van der Waals surface area contributed by atoms with Crippen LogP contribution in [0.3, 0.4) is 0 Å². The molecule has 0 aliphatic carbocycles. The van der Waals surface area contributed by atoms with Gasteiger partial charge in [-0.3, -0.25) is 9.78 Å². The number of halogens is 4. The van der Waals surface area contributed by atoms with Gasteiger partial charge in [0.25, 0.3) is 5.91 Å². The van der Waals surface area contributed by atoms with Gasteiger partial charge in [0, 0.05) is 24.0 Å². The minimum atomic E-state index is -4.63. The van der Waals surface area contributed by atoms with Crippen LogP contribution in [0.4, 0.5) is 24.5 Å². The Kier molecular flexibility index (Phi) is 6.47. The maximum Gasteiger partial charge on any atom is 0.418 e. The Hall–Kier alpha value is -2.28. The number of rotatable bonds is 6. The zero-order chi connectivity index (χ0) is 19.3. The second-order valence-corrected chi connectivity index (χ2v) is 6.65. The highest BCUT2D eigenvalue weighted by Crippen LogP contribution is 2.36. The number of aromatic nitrogens is 1. The van der Waals surface area contributed by atoms with Gasteiger partial charge < -0.3 is 10.6 Å². The van der Waals surface area contributed by atoms with Crippen LogP contribution in [-0.2, 0) is 6.18 Å². The Morgan fingerprint density at radius 1 is 1.23 bits per heavy atom. The summed E-state index contributed by atoms with van der Waals surface area (Å²) >= 11 is 5.64. The third-order valence-corrected chi connectivity index (χ3v) is 3.82. The molecule has 0 saturated heterocycles. The lowest BCUT2D eigenvalue weighted by Gasteiger charge is -2.14. The van der Waals surface area contributed by atoms with Gasteiger partial charge in [-0.1, -0.05) is 25.4 Å². The lowest BCUT2D eigenvalue weighted by molar-refractivity contribution is -0.136. The summed E-state index contributed by atoms with van der Waals surface area (Å²) in [5.74, 6) is -0.162. The van der Waals surface area contributed by atoms with Gasteiger partial charge in [-0.05, 0) is 36.6 Å². The number of amides is 1. The van der Waals surface area contributed by atoms with Crippen molar-refractivity contribution in [3.8, 4) is 0 Å². The molecule has 1 amide bonds. The minimum Gasteiger partial charge on any atom is -0.384 e. The fourth-order valence-corrected chi connectivity index (χ4v) is 2.39. The zero-order valence-electron chi connectivity index (χ0n) is 14.3. The molecule has 8 heteroatoms. The van der Waals surface area contributed by atoms with Crippen LogP contribution in [0, 0.1) is 5.92 Å². The van der Waals surface area contributed by atoms with E-state index >= 15 is 0 Å². The predicted molar refractivity (Wildman–Crippen MR) is 96.6 cm³/mol. The van der Waals surface area contributed by atoms with E-state index in [4.69, 9.17) is 11.6 Å². The summed E-state index contributed by atoms with van der Waals surface area (Å²) < 4.78 is 39.4. The van der Waals surface area contributed by atoms with Crippen molar-refractivity contribution in [1.29, 1.82) is 0 Å². The van der Waals surface area contributed by atoms with Crippen molar-refractivity contribution in [2.24, 2.45) is 5.92 Å². The number of hydrogen-bond acceptors (Lipinski definition) is 3. The monoisotopic (exact) mass is 385 g/mol. The Labute approximate surface area is 154 Å². The van der Waals surface area contributed by atoms with Gasteiger partial charge in [0.15, 0.2) is 0 Å². The predicted octanol–water partition coefficient (Wildman–Crippen LogP) is 5.46. The molecule has 0 saturated carbocycles. The summed E-state index contributed by atoms with van der Waals surface area (Å²) in [4.78, 5) is 16.3. The molecule has 26 heavy (non-hydrogen) atoms. The van der Waals surface area contributed by atoms with Crippen molar-refractivity contribution in [3.63, 3.8) is 0 Å². The quantitative estimate of drug-likeness (QED) is 0.693. The molecule has 140 valence electrons. The molecule has 1 heterocycles. The molecule has 4 nitrogen and oxygen atoms in total. The van der Waals surface area contributed by atoms with Gasteiger partial charge in [0.1, 0.15) is 0 Å². The number of benzene rings is 1. The number of pyridine rings is 1. The van der Waals surface area contributed by atoms with Crippen LogP contribution >= 0.6 is 11.6 Å². The van der Waals surface area contributed by atoms with E-state index in [1.807, 2.05) is 0 Å². The first kappa shape index (κ1) is 20.0. The first-order chi connectivity index (χ1) is 12.2. The van der Waals surface area contributed by atoms with Crippen LogP contribution < -0.4 is 10.6 Å². The van der Waals surface area contributed by atoms with Crippen LogP contribution in [0.15, 0.2) is 36.7 Å². The van der Waals surface area contributed by atoms with Gasteiger partial charge in [0.2, 0.25) is 0 Å². The summed E-state index contributed by atoms with van der Waals surface area (Å²) in [5.41, 5.74) is -0.573. The van der Waals surface area contributed by atoms with Crippen molar-refractivity contribution < 1.29 is 18.0 Å². The van der Waals surface area contributed by atoms with Crippen molar-refractivity contribution in [3.05, 3.63) is 52.8 Å². The normalized spacial score (nSPS) is 11.5. The van der Waals surface area contributed by atoms with E-state index in [0.717, 1.165) is 18.6 Å². The van der Waals surface area contributed by atoms with Crippen molar-refractivity contribution in [2.45, 2.75) is 26.4 Å². The number of anilines is 2. The average molecular weight is 386 g/mol. The van der Waals surface area contributed by atoms with Gasteiger partial charge in [0.05, 0.1) is 22.5 Å². The van der Waals surface area contributed by atoms with Gasteiger partial charge >= 0.3 is 6.18 Å². The topological polar surface area (TPSA) is 54.0 Å². The Morgan fingerprint density at radius 3 is 2.62 bits per heavy atom. The zero-order valence-corrected chi connectivity index (χ0v) is 15.1. The smallest absolute Gasteiger partial charge is 0.384 e. The maximum atomic E-state index is 13.1. The molecule has 0 radical (unpaired) electrons. The van der Waals surface area contributed by atoms with E-state index in [9.17, 15) is 18.0 Å². The second-order valence-electron chi connectivity index (χ2n) is 6.21. The summed E-state index contributed by atoms with van der Waals surface area (Å²) in [6.45, 7) is 4.89. The second kappa shape index (κ2) is 8.40. The number of nitrogens with zero attached hydrogens (tertiary/aromatic N) is 1. The molecule has 0 unspecified atom stereocenters. The third kappa shape index (κ3) is 5.62. The van der Waals surface area contributed by atoms with E-state index in [0.29, 0.717) is 18.2 Å². The van der Waals surface area contributed by atoms with Gasteiger partial charge in [-0.2, -0.15) is 13.2 Å². The van der Waals surface area contributed by atoms with E-state index in [1.165, 1.54) is 12.3 Å². The van der Waals surface area contributed by atoms with Crippen LogP contribution in [0.5, 0.6) is 0 Å². The number of nitrogens with one attached hydrogen (secondary N) is 2. The van der Waals surface area contributed by atoms with Crippen LogP contribution in [0.2, 0.25) is 5.02 Å². The molecule has 0 fully saturated rings. The van der Waals surface area contributed by atoms with E-state index in [2.05, 4.69) is 29.5 Å². The first-order valence-electron chi connectivity index (χ1n) is 8.04. The molecule has 0 atom stereocenters. The highest BCUT2D eigenvalue weighted by atomic mass is 35.5. The van der Waals surface area contributed by atoms with Crippen LogP contribution in [-0.4, -0.2) is 17.4 Å². The van der Waals surface area contributed by atoms with Crippen molar-refractivity contribution in [2.75, 3.05) is 17.2 Å². The lowest BCUT2D eigenvalue weighted by Crippen LogP contribution is -2.17. The molecule has 1 aromatic heterocycles. The summed E-state index contributed by atoms with van der Waals surface area (Å²) in [6, 6.07) is 4.74. The highest BCUT2D eigenvalue weighted by molar-refractivity contribution is 6.30. The summed E-state index contributed by atoms with van der Waals surface area (Å²) in [5, 5.41) is 5.35. The van der Waals surface area contributed by atoms with E-state index in [1.54, 1.807) is 12.3 Å². The highest BCUT2D eigenvalue weighted by Gasteiger charge is 2.34. The van der Waals surface area contributed by atoms with Crippen molar-refractivity contribution >= 4 is 28.9 Å². The summed E-state index contributed by atoms with van der Waals surface area (Å²) in [7, 11) is 0. The number of alkyl halides is 3. The van der Waals surface area contributed by atoms with Gasteiger partial charge in [-0.15, -0.1) is 0 Å². The SMILES string of the molecule is CC(C)CCNc1cncc(C(=O)Nc2ccc(Cl)cc2C(F)(F)F)c1. The van der Waals surface area contributed by atoms with E-state index < -0.39 is 17.6 Å². The molecule has 0 bridgehead atoms. The van der Waals surface area contributed by atoms with E-state index in [-0.39, 0.29) is 16.3 Å². The van der Waals surface area contributed by atoms with Gasteiger partial charge in [-0.25, -0.2) is 0 Å². The Bertz CT molecular complexity index is 779. The fraction of sp³-hybridized carbons (Fsp3) is 0.333. The molecule has 1 aromatic carbocycles. The lowest BCUT2D eigenvalue weighted by atomic mass is 10.1. The largest absolute Gasteiger partial charge is 0.418 e. The van der Waals surface area contributed by atoms with Crippen LogP contribution in [0.25, 0.3) is 0 Å². The Morgan fingerprint density at radius 2 is 1.96 bits per heavy atom. The molecule has 2 aromatic rings. The number of carbonyl (C=O) groups excluding carboxylic acids is 1. The fourth-order valence-electron chi connectivity index (χ4n) is 2.22. The first-order valence-corrected chi connectivity index (χ1v) is 8.41.